The lowest BCUT2D eigenvalue weighted by molar-refractivity contribution is 0.617. The molecule has 0 spiro atoms. The summed E-state index contributed by atoms with van der Waals surface area (Å²) >= 11 is 5.09. The van der Waals surface area contributed by atoms with Gasteiger partial charge in [-0.15, -0.1) is 11.3 Å². The fourth-order valence-corrected chi connectivity index (χ4v) is 3.22. The number of aromatic nitrogens is 1. The van der Waals surface area contributed by atoms with E-state index < -0.39 is 0 Å². The number of anilines is 1. The Kier molecular flexibility index (Phi) is 4.31. The first-order valence-electron chi connectivity index (χ1n) is 5.38. The highest BCUT2D eigenvalue weighted by Gasteiger charge is 2.10. The summed E-state index contributed by atoms with van der Waals surface area (Å²) in [6.45, 7) is 1.00. The quantitative estimate of drug-likeness (QED) is 0.936. The Hall–Kier alpha value is -0.980. The van der Waals surface area contributed by atoms with Crippen LogP contribution in [0.2, 0.25) is 0 Å². The molecule has 2 aromatic heterocycles. The molecular weight excluding hydrogens is 317 g/mol. The molecule has 0 aliphatic heterocycles. The fraction of sp³-hybridized carbons (Fsp3) is 0.250. The van der Waals surface area contributed by atoms with Crippen LogP contribution in [-0.4, -0.2) is 12.0 Å². The number of hydrogen-bond donors (Lipinski definition) is 1. The van der Waals surface area contributed by atoms with Gasteiger partial charge in [0.15, 0.2) is 0 Å². The highest BCUT2D eigenvalue weighted by atomic mass is 79.9. The second-order valence-corrected chi connectivity index (χ2v) is 5.84. The van der Waals surface area contributed by atoms with E-state index in [4.69, 9.17) is 5.73 Å². The van der Waals surface area contributed by atoms with Gasteiger partial charge in [-0.1, -0.05) is 0 Å². The Morgan fingerprint density at radius 3 is 2.89 bits per heavy atom. The van der Waals surface area contributed by atoms with Crippen molar-refractivity contribution in [2.75, 3.05) is 11.9 Å². The van der Waals surface area contributed by atoms with E-state index in [2.05, 4.69) is 27.0 Å². The third-order valence-electron chi connectivity index (χ3n) is 2.51. The molecule has 0 amide bonds. The molecule has 2 rings (SSSR count). The van der Waals surface area contributed by atoms with Crippen molar-refractivity contribution >= 4 is 33.1 Å². The predicted octanol–water partition coefficient (Wildman–Crippen LogP) is 3.14. The van der Waals surface area contributed by atoms with Crippen molar-refractivity contribution in [1.29, 1.82) is 0 Å². The zero-order valence-corrected chi connectivity index (χ0v) is 12.3. The molecule has 0 saturated carbocycles. The number of rotatable bonds is 4. The highest BCUT2D eigenvalue weighted by Crippen LogP contribution is 2.24. The van der Waals surface area contributed by atoms with Crippen molar-refractivity contribution in [3.05, 3.63) is 44.4 Å². The zero-order valence-electron chi connectivity index (χ0n) is 9.86. The second kappa shape index (κ2) is 5.77. The molecule has 96 valence electrons. The third-order valence-corrected chi connectivity index (χ3v) is 4.19. The average Bonchev–Trinajstić information content (AvgIpc) is 2.74. The number of nitrogens with zero attached hydrogens (tertiary/aromatic N) is 2. The van der Waals surface area contributed by atoms with Gasteiger partial charge >= 0.3 is 0 Å². The summed E-state index contributed by atoms with van der Waals surface area (Å²) in [4.78, 5) is 7.29. The molecule has 3 nitrogen and oxygen atoms in total. The molecule has 0 fully saturated rings. The van der Waals surface area contributed by atoms with E-state index in [1.165, 1.54) is 17.1 Å². The lowest BCUT2D eigenvalue weighted by Crippen LogP contribution is -2.20. The maximum absolute atomic E-state index is 13.1. The van der Waals surface area contributed by atoms with Gasteiger partial charge in [0, 0.05) is 33.9 Å². The molecule has 0 aromatic carbocycles. The molecule has 6 heteroatoms. The van der Waals surface area contributed by atoms with Gasteiger partial charge in [0.05, 0.1) is 12.7 Å². The van der Waals surface area contributed by atoms with Crippen LogP contribution in [0.25, 0.3) is 0 Å². The fourth-order valence-electron chi connectivity index (χ4n) is 1.71. The van der Waals surface area contributed by atoms with Crippen LogP contribution < -0.4 is 10.6 Å². The van der Waals surface area contributed by atoms with Gasteiger partial charge < -0.3 is 10.6 Å². The number of hydrogen-bond acceptors (Lipinski definition) is 4. The van der Waals surface area contributed by atoms with E-state index in [1.54, 1.807) is 11.3 Å². The zero-order chi connectivity index (χ0) is 13.1. The Balaban J connectivity index is 2.20. The molecule has 2 N–H and O–H groups in total. The van der Waals surface area contributed by atoms with Crippen LogP contribution in [0.4, 0.5) is 10.2 Å². The molecule has 18 heavy (non-hydrogen) atoms. The molecular formula is C12H13BrFN3S. The van der Waals surface area contributed by atoms with Crippen LogP contribution in [0.5, 0.6) is 0 Å². The predicted molar refractivity (Wildman–Crippen MR) is 76.2 cm³/mol. The van der Waals surface area contributed by atoms with E-state index in [0.29, 0.717) is 5.56 Å². The van der Waals surface area contributed by atoms with Crippen molar-refractivity contribution in [2.45, 2.75) is 13.1 Å². The first kappa shape index (κ1) is 13.5. The van der Waals surface area contributed by atoms with Crippen molar-refractivity contribution in [3.8, 4) is 0 Å². The number of thiophene rings is 1. The van der Waals surface area contributed by atoms with Crippen LogP contribution in [-0.2, 0) is 13.1 Å². The number of pyridine rings is 1. The van der Waals surface area contributed by atoms with Crippen molar-refractivity contribution in [3.63, 3.8) is 0 Å². The molecule has 0 unspecified atom stereocenters. The Bertz CT molecular complexity index is 544. The monoisotopic (exact) mass is 329 g/mol. The van der Waals surface area contributed by atoms with E-state index in [9.17, 15) is 4.39 Å². The summed E-state index contributed by atoms with van der Waals surface area (Å²) in [6, 6.07) is 3.50. The van der Waals surface area contributed by atoms with Crippen LogP contribution in [0.3, 0.4) is 0 Å². The molecule has 0 aliphatic carbocycles. The summed E-state index contributed by atoms with van der Waals surface area (Å²) < 4.78 is 14.2. The maximum Gasteiger partial charge on any atom is 0.141 e. The van der Waals surface area contributed by atoms with Crippen LogP contribution in [0.15, 0.2) is 28.2 Å². The largest absolute Gasteiger partial charge is 0.354 e. The minimum absolute atomic E-state index is 0.276. The Labute approximate surface area is 118 Å². The molecule has 2 heterocycles. The molecule has 0 saturated heterocycles. The van der Waals surface area contributed by atoms with Gasteiger partial charge in [0.1, 0.15) is 11.6 Å². The van der Waals surface area contributed by atoms with Gasteiger partial charge in [-0.3, -0.25) is 0 Å². The number of nitrogens with two attached hydrogens (primary N) is 1. The molecule has 0 atom stereocenters. The summed E-state index contributed by atoms with van der Waals surface area (Å²) in [5.74, 6) is 0.370. The smallest absolute Gasteiger partial charge is 0.141 e. The normalized spacial score (nSPS) is 10.7. The average molecular weight is 330 g/mol. The summed E-state index contributed by atoms with van der Waals surface area (Å²) in [5, 5.41) is 2.03. The summed E-state index contributed by atoms with van der Waals surface area (Å²) in [6.07, 6.45) is 1.22. The second-order valence-electron chi connectivity index (χ2n) is 3.93. The number of halogens is 2. The minimum atomic E-state index is -0.355. The lowest BCUT2D eigenvalue weighted by atomic mass is 10.2. The van der Waals surface area contributed by atoms with Gasteiger partial charge in [0.2, 0.25) is 0 Å². The molecule has 0 aliphatic rings. The minimum Gasteiger partial charge on any atom is -0.354 e. The summed E-state index contributed by atoms with van der Waals surface area (Å²) in [7, 11) is 1.92. The first-order valence-corrected chi connectivity index (χ1v) is 7.06. The van der Waals surface area contributed by atoms with Gasteiger partial charge in [0.25, 0.3) is 0 Å². The van der Waals surface area contributed by atoms with E-state index in [1.807, 2.05) is 17.3 Å². The van der Waals surface area contributed by atoms with Gasteiger partial charge in [-0.05, 0) is 28.1 Å². The molecule has 2 aromatic rings. The lowest BCUT2D eigenvalue weighted by Gasteiger charge is -2.20. The van der Waals surface area contributed by atoms with Crippen LogP contribution in [0.1, 0.15) is 10.4 Å². The Morgan fingerprint density at radius 1 is 1.50 bits per heavy atom. The first-order chi connectivity index (χ1) is 8.60. The summed E-state index contributed by atoms with van der Waals surface area (Å²) in [5.41, 5.74) is 6.33. The van der Waals surface area contributed by atoms with E-state index in [0.717, 1.165) is 16.8 Å². The molecule has 0 radical (unpaired) electrons. The van der Waals surface area contributed by atoms with Crippen molar-refractivity contribution in [2.24, 2.45) is 5.73 Å². The topological polar surface area (TPSA) is 42.2 Å². The molecule has 0 bridgehead atoms. The van der Waals surface area contributed by atoms with Crippen LogP contribution >= 0.6 is 27.3 Å². The third kappa shape index (κ3) is 3.07. The van der Waals surface area contributed by atoms with Gasteiger partial charge in [-0.2, -0.15) is 0 Å². The standard InChI is InChI=1S/C12H13BrFN3S/c1-17(6-11-3-9(13)7-18-11)12-8(4-15)2-10(14)5-16-12/h2-3,5,7H,4,6,15H2,1H3. The SMILES string of the molecule is CN(Cc1cc(Br)cs1)c1ncc(F)cc1CN. The van der Waals surface area contributed by atoms with Crippen molar-refractivity contribution < 1.29 is 4.39 Å². The van der Waals surface area contributed by atoms with E-state index >= 15 is 0 Å². The Morgan fingerprint density at radius 2 is 2.28 bits per heavy atom. The van der Waals surface area contributed by atoms with Crippen molar-refractivity contribution in [1.82, 2.24) is 4.98 Å². The van der Waals surface area contributed by atoms with Gasteiger partial charge in [-0.25, -0.2) is 9.37 Å². The van der Waals surface area contributed by atoms with Crippen LogP contribution in [0, 0.1) is 5.82 Å². The maximum atomic E-state index is 13.1. The highest BCUT2D eigenvalue weighted by molar-refractivity contribution is 9.10. The van der Waals surface area contributed by atoms with E-state index in [-0.39, 0.29) is 12.4 Å².